The van der Waals surface area contributed by atoms with Gasteiger partial charge in [0.15, 0.2) is 0 Å². The third-order valence-corrected chi connectivity index (χ3v) is 3.17. The summed E-state index contributed by atoms with van der Waals surface area (Å²) in [6.45, 7) is 3.98. The van der Waals surface area contributed by atoms with Crippen molar-refractivity contribution in [1.29, 1.82) is 0 Å². The Labute approximate surface area is 85.6 Å². The van der Waals surface area contributed by atoms with E-state index >= 15 is 0 Å². The zero-order valence-corrected chi connectivity index (χ0v) is 8.89. The van der Waals surface area contributed by atoms with E-state index in [9.17, 15) is 4.79 Å². The lowest BCUT2D eigenvalue weighted by Crippen LogP contribution is -2.03. The molecule has 14 heavy (non-hydrogen) atoms. The van der Waals surface area contributed by atoms with Gasteiger partial charge in [-0.2, -0.15) is 0 Å². The molecule has 0 unspecified atom stereocenters. The monoisotopic (exact) mass is 209 g/mol. The van der Waals surface area contributed by atoms with Crippen molar-refractivity contribution in [3.8, 4) is 0 Å². The van der Waals surface area contributed by atoms with Crippen molar-refractivity contribution in [3.63, 3.8) is 0 Å². The number of aryl methyl sites for hydroxylation is 2. The summed E-state index contributed by atoms with van der Waals surface area (Å²) >= 11 is 1.68. The van der Waals surface area contributed by atoms with E-state index in [1.807, 2.05) is 30.5 Å². The summed E-state index contributed by atoms with van der Waals surface area (Å²) in [5.74, 6) is -0.781. The molecule has 0 aromatic carbocycles. The van der Waals surface area contributed by atoms with Gasteiger partial charge in [-0.1, -0.05) is 0 Å². The Bertz CT molecular complexity index is 495. The van der Waals surface area contributed by atoms with E-state index in [0.29, 0.717) is 0 Å². The highest BCUT2D eigenvalue weighted by Gasteiger charge is 2.11. The van der Waals surface area contributed by atoms with Crippen LogP contribution in [0.5, 0.6) is 0 Å². The summed E-state index contributed by atoms with van der Waals surface area (Å²) in [4.78, 5) is 13.0. The standard InChI is InChI=1S/C10H11NO2S/c1-6-3-9-11(5-7(2)14-9)8(6)4-10(12)13/h3,5H,4H2,1-2H3,(H,12,13). The molecule has 0 spiro atoms. The third kappa shape index (κ3) is 1.42. The fourth-order valence-corrected chi connectivity index (χ4v) is 2.61. The largest absolute Gasteiger partial charge is 0.481 e. The lowest BCUT2D eigenvalue weighted by Gasteiger charge is -1.97. The summed E-state index contributed by atoms with van der Waals surface area (Å²) in [5.41, 5.74) is 1.94. The van der Waals surface area contributed by atoms with Gasteiger partial charge in [0, 0.05) is 16.8 Å². The highest BCUT2D eigenvalue weighted by molar-refractivity contribution is 7.17. The maximum Gasteiger partial charge on any atom is 0.309 e. The number of carboxylic acids is 1. The lowest BCUT2D eigenvalue weighted by molar-refractivity contribution is -0.136. The fraction of sp³-hybridized carbons (Fsp3) is 0.300. The second kappa shape index (κ2) is 3.13. The van der Waals surface area contributed by atoms with Gasteiger partial charge in [-0.3, -0.25) is 4.79 Å². The Morgan fingerprint density at radius 1 is 1.57 bits per heavy atom. The van der Waals surface area contributed by atoms with Crippen LogP contribution in [0.1, 0.15) is 16.1 Å². The number of carbonyl (C=O) groups is 1. The van der Waals surface area contributed by atoms with Crippen LogP contribution in [0.4, 0.5) is 0 Å². The van der Waals surface area contributed by atoms with E-state index < -0.39 is 5.97 Å². The number of thiazole rings is 1. The molecule has 0 aliphatic rings. The average Bonchev–Trinajstić information content (AvgIpc) is 2.51. The van der Waals surface area contributed by atoms with E-state index in [4.69, 9.17) is 5.11 Å². The van der Waals surface area contributed by atoms with E-state index in [1.54, 1.807) is 11.3 Å². The number of rotatable bonds is 2. The van der Waals surface area contributed by atoms with Gasteiger partial charge in [0.1, 0.15) is 0 Å². The van der Waals surface area contributed by atoms with Gasteiger partial charge < -0.3 is 9.51 Å². The number of carboxylic acid groups (broad SMARTS) is 1. The molecule has 0 aliphatic heterocycles. The fourth-order valence-electron chi connectivity index (χ4n) is 1.62. The summed E-state index contributed by atoms with van der Waals surface area (Å²) in [6.07, 6.45) is 2.08. The SMILES string of the molecule is Cc1cn2c(CC(=O)O)c(C)cc2s1. The Balaban J connectivity index is 2.59. The molecule has 2 aromatic rings. The minimum absolute atomic E-state index is 0.0934. The zero-order valence-electron chi connectivity index (χ0n) is 8.07. The van der Waals surface area contributed by atoms with Crippen molar-refractivity contribution in [3.05, 3.63) is 28.4 Å². The van der Waals surface area contributed by atoms with Gasteiger partial charge in [-0.15, -0.1) is 11.3 Å². The first-order valence-electron chi connectivity index (χ1n) is 4.36. The minimum atomic E-state index is -0.781. The van der Waals surface area contributed by atoms with E-state index in [2.05, 4.69) is 0 Å². The molecular formula is C10H11NO2S. The topological polar surface area (TPSA) is 41.7 Å². The molecule has 0 saturated heterocycles. The van der Waals surface area contributed by atoms with Gasteiger partial charge in [0.05, 0.1) is 11.3 Å². The third-order valence-electron chi connectivity index (χ3n) is 2.22. The van der Waals surface area contributed by atoms with Crippen molar-refractivity contribution in [1.82, 2.24) is 4.40 Å². The molecule has 1 N–H and O–H groups in total. The number of aromatic nitrogens is 1. The van der Waals surface area contributed by atoms with Crippen molar-refractivity contribution >= 4 is 22.1 Å². The molecule has 0 bridgehead atoms. The van der Waals surface area contributed by atoms with Crippen LogP contribution in [0.2, 0.25) is 0 Å². The molecule has 4 heteroatoms. The predicted molar refractivity (Wildman–Crippen MR) is 56.1 cm³/mol. The van der Waals surface area contributed by atoms with Gasteiger partial charge in [0.2, 0.25) is 0 Å². The Morgan fingerprint density at radius 3 is 2.93 bits per heavy atom. The Morgan fingerprint density at radius 2 is 2.29 bits per heavy atom. The number of nitrogens with zero attached hydrogens (tertiary/aromatic N) is 1. The molecule has 2 aromatic heterocycles. The summed E-state index contributed by atoms with van der Waals surface area (Å²) in [7, 11) is 0. The molecule has 0 fully saturated rings. The first kappa shape index (κ1) is 9.27. The molecule has 3 nitrogen and oxygen atoms in total. The zero-order chi connectivity index (χ0) is 10.3. The van der Waals surface area contributed by atoms with Crippen LogP contribution in [0.25, 0.3) is 4.83 Å². The molecule has 0 amide bonds. The first-order chi connectivity index (χ1) is 6.58. The Kier molecular flexibility index (Phi) is 2.07. The van der Waals surface area contributed by atoms with E-state index in [1.165, 1.54) is 4.88 Å². The number of hydrogen-bond acceptors (Lipinski definition) is 2. The smallest absolute Gasteiger partial charge is 0.309 e. The van der Waals surface area contributed by atoms with Crippen molar-refractivity contribution in [2.24, 2.45) is 0 Å². The number of fused-ring (bicyclic) bond motifs is 1. The van der Waals surface area contributed by atoms with Crippen molar-refractivity contribution in [2.75, 3.05) is 0 Å². The molecule has 2 rings (SSSR count). The lowest BCUT2D eigenvalue weighted by atomic mass is 10.2. The molecule has 2 heterocycles. The van der Waals surface area contributed by atoms with Crippen LogP contribution in [-0.4, -0.2) is 15.5 Å². The number of hydrogen-bond donors (Lipinski definition) is 1. The molecule has 0 aliphatic carbocycles. The van der Waals surface area contributed by atoms with E-state index in [0.717, 1.165) is 16.1 Å². The minimum Gasteiger partial charge on any atom is -0.481 e. The maximum absolute atomic E-state index is 10.7. The first-order valence-corrected chi connectivity index (χ1v) is 5.18. The average molecular weight is 209 g/mol. The highest BCUT2D eigenvalue weighted by atomic mass is 32.1. The van der Waals surface area contributed by atoms with E-state index in [-0.39, 0.29) is 6.42 Å². The molecule has 0 saturated carbocycles. The summed E-state index contributed by atoms with van der Waals surface area (Å²) in [6, 6.07) is 2.04. The summed E-state index contributed by atoms with van der Waals surface area (Å²) in [5, 5.41) is 8.77. The van der Waals surface area contributed by atoms with Crippen molar-refractivity contribution < 1.29 is 9.90 Å². The van der Waals surface area contributed by atoms with Crippen molar-refractivity contribution in [2.45, 2.75) is 20.3 Å². The molecular weight excluding hydrogens is 198 g/mol. The summed E-state index contributed by atoms with van der Waals surface area (Å²) < 4.78 is 1.98. The van der Waals surface area contributed by atoms with Crippen LogP contribution in [0.3, 0.4) is 0 Å². The van der Waals surface area contributed by atoms with Crippen LogP contribution in [0.15, 0.2) is 12.3 Å². The van der Waals surface area contributed by atoms with Crippen LogP contribution < -0.4 is 0 Å². The molecule has 74 valence electrons. The quantitative estimate of drug-likeness (QED) is 0.824. The molecule has 0 radical (unpaired) electrons. The van der Waals surface area contributed by atoms with Crippen LogP contribution in [0, 0.1) is 13.8 Å². The Hall–Kier alpha value is -1.29. The van der Waals surface area contributed by atoms with Crippen LogP contribution in [-0.2, 0) is 11.2 Å². The van der Waals surface area contributed by atoms with Gasteiger partial charge in [-0.05, 0) is 25.5 Å². The van der Waals surface area contributed by atoms with Crippen LogP contribution >= 0.6 is 11.3 Å². The maximum atomic E-state index is 10.7. The second-order valence-corrected chi connectivity index (χ2v) is 4.66. The highest BCUT2D eigenvalue weighted by Crippen LogP contribution is 2.24. The van der Waals surface area contributed by atoms with Gasteiger partial charge >= 0.3 is 5.97 Å². The van der Waals surface area contributed by atoms with Gasteiger partial charge in [0.25, 0.3) is 0 Å². The molecule has 0 atom stereocenters. The predicted octanol–water partition coefficient (Wildman–Crippen LogP) is 2.24. The normalized spacial score (nSPS) is 11.0. The van der Waals surface area contributed by atoms with Gasteiger partial charge in [-0.25, -0.2) is 0 Å². The number of aliphatic carboxylic acids is 1. The second-order valence-electron chi connectivity index (χ2n) is 3.39.